The van der Waals surface area contributed by atoms with Gasteiger partial charge in [0.2, 0.25) is 0 Å². The SMILES string of the molecule is CC1OCCC1(C)Nc1nccc2occc12. The Bertz CT molecular complexity index is 537. The summed E-state index contributed by atoms with van der Waals surface area (Å²) in [6, 6.07) is 3.81. The lowest BCUT2D eigenvalue weighted by molar-refractivity contribution is 0.105. The lowest BCUT2D eigenvalue weighted by Gasteiger charge is -2.29. The molecule has 4 heteroatoms. The Morgan fingerprint density at radius 1 is 1.47 bits per heavy atom. The van der Waals surface area contributed by atoms with Gasteiger partial charge in [0, 0.05) is 12.8 Å². The summed E-state index contributed by atoms with van der Waals surface area (Å²) < 4.78 is 11.0. The lowest BCUT2D eigenvalue weighted by Crippen LogP contribution is -2.41. The van der Waals surface area contributed by atoms with Crippen LogP contribution in [0.5, 0.6) is 0 Å². The number of furan rings is 1. The van der Waals surface area contributed by atoms with Gasteiger partial charge < -0.3 is 14.5 Å². The number of pyridine rings is 1. The fourth-order valence-corrected chi connectivity index (χ4v) is 2.26. The highest BCUT2D eigenvalue weighted by molar-refractivity contribution is 5.88. The standard InChI is InChI=1S/C13H16N2O2/c1-9-13(2,5-8-16-9)15-12-10-4-7-17-11(10)3-6-14-12/h3-4,6-7,9H,5,8H2,1-2H3,(H,14,15). The van der Waals surface area contributed by atoms with Crippen LogP contribution in [0, 0.1) is 0 Å². The molecule has 1 saturated heterocycles. The maximum absolute atomic E-state index is 5.62. The van der Waals surface area contributed by atoms with Gasteiger partial charge in [-0.25, -0.2) is 4.98 Å². The van der Waals surface area contributed by atoms with E-state index < -0.39 is 0 Å². The Balaban J connectivity index is 1.97. The van der Waals surface area contributed by atoms with Crippen molar-refractivity contribution in [2.45, 2.75) is 31.9 Å². The van der Waals surface area contributed by atoms with E-state index in [1.54, 1.807) is 12.5 Å². The van der Waals surface area contributed by atoms with Gasteiger partial charge in [-0.05, 0) is 32.4 Å². The third kappa shape index (κ3) is 1.69. The Hall–Kier alpha value is -1.55. The molecule has 90 valence electrons. The molecule has 0 aliphatic carbocycles. The van der Waals surface area contributed by atoms with Crippen LogP contribution < -0.4 is 5.32 Å². The van der Waals surface area contributed by atoms with Crippen molar-refractivity contribution in [2.24, 2.45) is 0 Å². The van der Waals surface area contributed by atoms with Crippen molar-refractivity contribution < 1.29 is 9.15 Å². The van der Waals surface area contributed by atoms with Crippen LogP contribution in [0.25, 0.3) is 11.0 Å². The average Bonchev–Trinajstić information content (AvgIpc) is 2.88. The second-order valence-electron chi connectivity index (χ2n) is 4.80. The van der Waals surface area contributed by atoms with E-state index in [-0.39, 0.29) is 11.6 Å². The zero-order chi connectivity index (χ0) is 11.9. The molecule has 0 saturated carbocycles. The van der Waals surface area contributed by atoms with Crippen LogP contribution in [0.2, 0.25) is 0 Å². The molecule has 1 aliphatic heterocycles. The van der Waals surface area contributed by atoms with Gasteiger partial charge in [0.1, 0.15) is 11.4 Å². The molecular formula is C13H16N2O2. The highest BCUT2D eigenvalue weighted by atomic mass is 16.5. The van der Waals surface area contributed by atoms with Gasteiger partial charge in [0.05, 0.1) is 23.3 Å². The molecule has 0 amide bonds. The van der Waals surface area contributed by atoms with E-state index in [1.807, 2.05) is 12.1 Å². The summed E-state index contributed by atoms with van der Waals surface area (Å²) in [5.41, 5.74) is 0.802. The first-order valence-electron chi connectivity index (χ1n) is 5.91. The summed E-state index contributed by atoms with van der Waals surface area (Å²) in [6.45, 7) is 5.06. The van der Waals surface area contributed by atoms with E-state index >= 15 is 0 Å². The molecule has 4 nitrogen and oxygen atoms in total. The van der Waals surface area contributed by atoms with Gasteiger partial charge in [0.25, 0.3) is 0 Å². The van der Waals surface area contributed by atoms with Crippen LogP contribution in [0.4, 0.5) is 5.82 Å². The second kappa shape index (κ2) is 3.74. The van der Waals surface area contributed by atoms with E-state index in [9.17, 15) is 0 Å². The van der Waals surface area contributed by atoms with E-state index in [0.29, 0.717) is 0 Å². The molecule has 17 heavy (non-hydrogen) atoms. The summed E-state index contributed by atoms with van der Waals surface area (Å²) in [5, 5.41) is 4.52. The maximum Gasteiger partial charge on any atom is 0.139 e. The van der Waals surface area contributed by atoms with Crippen molar-refractivity contribution >= 4 is 16.8 Å². The Morgan fingerprint density at radius 3 is 3.12 bits per heavy atom. The summed E-state index contributed by atoms with van der Waals surface area (Å²) >= 11 is 0. The number of ether oxygens (including phenoxy) is 1. The predicted octanol–water partition coefficient (Wildman–Crippen LogP) is 2.81. The van der Waals surface area contributed by atoms with Gasteiger partial charge in [-0.15, -0.1) is 0 Å². The molecular weight excluding hydrogens is 216 g/mol. The smallest absolute Gasteiger partial charge is 0.139 e. The van der Waals surface area contributed by atoms with Crippen molar-refractivity contribution in [3.63, 3.8) is 0 Å². The third-order valence-electron chi connectivity index (χ3n) is 3.67. The molecule has 2 atom stereocenters. The summed E-state index contributed by atoms with van der Waals surface area (Å²) in [5.74, 6) is 0.871. The van der Waals surface area contributed by atoms with E-state index in [4.69, 9.17) is 9.15 Å². The maximum atomic E-state index is 5.62. The quantitative estimate of drug-likeness (QED) is 0.864. The molecule has 0 radical (unpaired) electrons. The molecule has 0 spiro atoms. The predicted molar refractivity (Wildman–Crippen MR) is 66.1 cm³/mol. The molecule has 0 bridgehead atoms. The van der Waals surface area contributed by atoms with Crippen LogP contribution in [0.3, 0.4) is 0 Å². The zero-order valence-corrected chi connectivity index (χ0v) is 10.1. The van der Waals surface area contributed by atoms with Gasteiger partial charge in [0.15, 0.2) is 0 Å². The van der Waals surface area contributed by atoms with Gasteiger partial charge in [-0.2, -0.15) is 0 Å². The fraction of sp³-hybridized carbons (Fsp3) is 0.462. The fourth-order valence-electron chi connectivity index (χ4n) is 2.26. The highest BCUT2D eigenvalue weighted by Gasteiger charge is 2.37. The normalized spacial score (nSPS) is 28.7. The Morgan fingerprint density at radius 2 is 2.35 bits per heavy atom. The first-order chi connectivity index (χ1) is 8.19. The average molecular weight is 232 g/mol. The van der Waals surface area contributed by atoms with Gasteiger partial charge in [-0.3, -0.25) is 0 Å². The van der Waals surface area contributed by atoms with Crippen molar-refractivity contribution in [2.75, 3.05) is 11.9 Å². The Kier molecular flexibility index (Phi) is 2.33. The zero-order valence-electron chi connectivity index (χ0n) is 10.1. The number of nitrogens with zero attached hydrogens (tertiary/aromatic N) is 1. The van der Waals surface area contributed by atoms with Crippen LogP contribution in [0.15, 0.2) is 29.0 Å². The molecule has 0 aromatic carbocycles. The molecule has 2 aromatic heterocycles. The minimum absolute atomic E-state index is 0.0570. The minimum atomic E-state index is -0.0570. The molecule has 3 rings (SSSR count). The third-order valence-corrected chi connectivity index (χ3v) is 3.67. The number of rotatable bonds is 2. The first-order valence-corrected chi connectivity index (χ1v) is 5.91. The largest absolute Gasteiger partial charge is 0.464 e. The van der Waals surface area contributed by atoms with E-state index in [0.717, 1.165) is 29.8 Å². The number of anilines is 1. The second-order valence-corrected chi connectivity index (χ2v) is 4.80. The van der Waals surface area contributed by atoms with Crippen molar-refractivity contribution in [1.29, 1.82) is 0 Å². The molecule has 3 heterocycles. The van der Waals surface area contributed by atoms with Crippen LogP contribution in [-0.2, 0) is 4.74 Å². The highest BCUT2D eigenvalue weighted by Crippen LogP contribution is 2.31. The minimum Gasteiger partial charge on any atom is -0.464 e. The number of fused-ring (bicyclic) bond motifs is 1. The monoisotopic (exact) mass is 232 g/mol. The first kappa shape index (κ1) is 10.6. The van der Waals surface area contributed by atoms with Gasteiger partial charge in [-0.1, -0.05) is 0 Å². The Labute approximate surface area is 100.0 Å². The van der Waals surface area contributed by atoms with E-state index in [2.05, 4.69) is 24.1 Å². The summed E-state index contributed by atoms with van der Waals surface area (Å²) in [4.78, 5) is 4.40. The van der Waals surface area contributed by atoms with Crippen molar-refractivity contribution in [3.8, 4) is 0 Å². The van der Waals surface area contributed by atoms with Crippen molar-refractivity contribution in [1.82, 2.24) is 4.98 Å². The van der Waals surface area contributed by atoms with E-state index in [1.165, 1.54) is 0 Å². The number of hydrogen-bond donors (Lipinski definition) is 1. The topological polar surface area (TPSA) is 47.3 Å². The number of aromatic nitrogens is 1. The van der Waals surface area contributed by atoms with Crippen molar-refractivity contribution in [3.05, 3.63) is 24.6 Å². The molecule has 1 fully saturated rings. The molecule has 1 N–H and O–H groups in total. The summed E-state index contributed by atoms with van der Waals surface area (Å²) in [7, 11) is 0. The van der Waals surface area contributed by atoms with Crippen LogP contribution in [-0.4, -0.2) is 23.2 Å². The molecule has 2 aromatic rings. The van der Waals surface area contributed by atoms with Crippen LogP contribution >= 0.6 is 0 Å². The number of hydrogen-bond acceptors (Lipinski definition) is 4. The summed E-state index contributed by atoms with van der Waals surface area (Å²) in [6.07, 6.45) is 4.63. The van der Waals surface area contributed by atoms with Crippen LogP contribution in [0.1, 0.15) is 20.3 Å². The lowest BCUT2D eigenvalue weighted by atomic mass is 9.94. The molecule has 1 aliphatic rings. The van der Waals surface area contributed by atoms with Gasteiger partial charge >= 0.3 is 0 Å². The molecule has 2 unspecified atom stereocenters. The number of nitrogens with one attached hydrogen (secondary N) is 1.